The number of fused-ring (bicyclic) bond motifs is 1. The van der Waals surface area contributed by atoms with Crippen molar-refractivity contribution in [2.24, 2.45) is 29.6 Å². The molecule has 0 atom stereocenters. The van der Waals surface area contributed by atoms with Crippen molar-refractivity contribution in [3.8, 4) is 0 Å². The highest BCUT2D eigenvalue weighted by Crippen LogP contribution is 2.63. The predicted octanol–water partition coefficient (Wildman–Crippen LogP) is 3.85. The van der Waals surface area contributed by atoms with E-state index >= 15 is 0 Å². The van der Waals surface area contributed by atoms with Gasteiger partial charge in [0.2, 0.25) is 11.6 Å². The van der Waals surface area contributed by atoms with E-state index in [2.05, 4.69) is 0 Å². The van der Waals surface area contributed by atoms with E-state index in [1.54, 1.807) is 18.2 Å². The number of benzene rings is 1. The molecule has 4 bridgehead atoms. The van der Waals surface area contributed by atoms with Gasteiger partial charge in [0.1, 0.15) is 4.90 Å². The van der Waals surface area contributed by atoms with Crippen molar-refractivity contribution in [1.29, 1.82) is 0 Å². The van der Waals surface area contributed by atoms with Gasteiger partial charge in [-0.15, -0.1) is 0 Å². The molecule has 2 spiro atoms. The lowest BCUT2D eigenvalue weighted by molar-refractivity contribution is -0.390. The van der Waals surface area contributed by atoms with Crippen LogP contribution in [0.2, 0.25) is 0 Å². The number of carbonyl (C=O) groups excluding carboxylic acids is 1. The van der Waals surface area contributed by atoms with E-state index in [0.29, 0.717) is 24.7 Å². The average molecular weight is 460 g/mol. The number of rotatable bonds is 2. The molecule has 0 radical (unpaired) electrons. The molecule has 32 heavy (non-hydrogen) atoms. The minimum atomic E-state index is -3.76. The van der Waals surface area contributed by atoms with Crippen molar-refractivity contribution in [3.63, 3.8) is 0 Å². The van der Waals surface area contributed by atoms with Crippen LogP contribution in [0.3, 0.4) is 0 Å². The molecule has 1 saturated heterocycles. The molecule has 7 nitrogen and oxygen atoms in total. The van der Waals surface area contributed by atoms with Crippen molar-refractivity contribution in [1.82, 2.24) is 4.31 Å². The van der Waals surface area contributed by atoms with E-state index in [-0.39, 0.29) is 22.9 Å². The van der Waals surface area contributed by atoms with Crippen LogP contribution in [0.25, 0.3) is 0 Å². The van der Waals surface area contributed by atoms with Crippen molar-refractivity contribution >= 4 is 15.9 Å². The number of hydrogen-bond acceptors (Lipinski definition) is 6. The Morgan fingerprint density at radius 2 is 1.59 bits per heavy atom. The second kappa shape index (κ2) is 6.56. The van der Waals surface area contributed by atoms with Gasteiger partial charge in [0.05, 0.1) is 5.56 Å². The molecule has 6 fully saturated rings. The molecule has 8 heteroatoms. The Hall–Kier alpha value is -1.48. The van der Waals surface area contributed by atoms with E-state index in [0.717, 1.165) is 29.0 Å². The zero-order valence-electron chi connectivity index (χ0n) is 18.1. The fourth-order valence-electron chi connectivity index (χ4n) is 7.74. The molecule has 1 aromatic rings. The summed E-state index contributed by atoms with van der Waals surface area (Å²) in [4.78, 5) is 24.9. The van der Waals surface area contributed by atoms with Gasteiger partial charge >= 0.3 is 0 Å². The first-order valence-electron chi connectivity index (χ1n) is 12.1. The topological polar surface area (TPSA) is 82.1 Å². The van der Waals surface area contributed by atoms with Crippen LogP contribution in [0.15, 0.2) is 29.2 Å². The van der Waals surface area contributed by atoms with Gasteiger partial charge in [-0.2, -0.15) is 9.78 Å². The van der Waals surface area contributed by atoms with Crippen LogP contribution in [0.4, 0.5) is 0 Å². The molecule has 1 amide bonds. The highest BCUT2D eigenvalue weighted by Gasteiger charge is 2.66. The summed E-state index contributed by atoms with van der Waals surface area (Å²) < 4.78 is 33.6. The SMILES string of the molecule is O=C1c2ccccc2S(=O)(=O)N1CC1CCC2(CC1)OOC1(O2)C2CC3CC(C2)CC1C3. The third-order valence-electron chi connectivity index (χ3n) is 9.15. The fraction of sp³-hybridized carbons (Fsp3) is 0.708. The van der Waals surface area contributed by atoms with Gasteiger partial charge in [0, 0.05) is 31.2 Å². The summed E-state index contributed by atoms with van der Waals surface area (Å²) in [7, 11) is -3.76. The summed E-state index contributed by atoms with van der Waals surface area (Å²) in [5, 5.41) is 0. The molecule has 2 aliphatic heterocycles. The third kappa shape index (κ3) is 2.64. The Morgan fingerprint density at radius 3 is 2.25 bits per heavy atom. The third-order valence-corrected chi connectivity index (χ3v) is 11.0. The van der Waals surface area contributed by atoms with Gasteiger partial charge in [-0.1, -0.05) is 12.1 Å². The Labute approximate surface area is 188 Å². The second-order valence-electron chi connectivity index (χ2n) is 11.0. The van der Waals surface area contributed by atoms with Gasteiger partial charge in [0.25, 0.3) is 15.9 Å². The van der Waals surface area contributed by atoms with Crippen LogP contribution in [-0.2, 0) is 24.5 Å². The molecule has 0 N–H and O–H groups in total. The van der Waals surface area contributed by atoms with Crippen molar-refractivity contribution in [2.75, 3.05) is 6.54 Å². The highest BCUT2D eigenvalue weighted by atomic mass is 32.2. The lowest BCUT2D eigenvalue weighted by Crippen LogP contribution is -2.59. The lowest BCUT2D eigenvalue weighted by atomic mass is 9.53. The van der Waals surface area contributed by atoms with Gasteiger partial charge in [0.15, 0.2) is 0 Å². The molecular formula is C24H29NO6S. The Morgan fingerprint density at radius 1 is 0.938 bits per heavy atom. The Kier molecular flexibility index (Phi) is 4.09. The first kappa shape index (κ1) is 19.9. The standard InChI is InChI=1S/C24H29NO6S/c26-22-20-3-1-2-4-21(20)32(27,28)25(22)14-15-5-7-23(8-6-15)29-24(31-30-23)18-10-16-9-17(12-18)13-19(24)11-16/h1-4,15-19H,5-14H2. The lowest BCUT2D eigenvalue weighted by Gasteiger charge is -2.57. The number of sulfonamides is 1. The van der Waals surface area contributed by atoms with Gasteiger partial charge in [-0.25, -0.2) is 12.7 Å². The van der Waals surface area contributed by atoms with Crippen LogP contribution < -0.4 is 0 Å². The highest BCUT2D eigenvalue weighted by molar-refractivity contribution is 7.90. The molecule has 7 aliphatic rings. The van der Waals surface area contributed by atoms with Gasteiger partial charge < -0.3 is 4.74 Å². The minimum absolute atomic E-state index is 0.0934. The minimum Gasteiger partial charge on any atom is -0.312 e. The summed E-state index contributed by atoms with van der Waals surface area (Å²) in [5.41, 5.74) is 0.277. The van der Waals surface area contributed by atoms with Crippen LogP contribution in [0, 0.1) is 29.6 Å². The Balaban J connectivity index is 1.04. The maximum absolute atomic E-state index is 12.9. The molecule has 0 aromatic heterocycles. The fourth-order valence-corrected chi connectivity index (χ4v) is 9.39. The van der Waals surface area contributed by atoms with Crippen molar-refractivity contribution < 1.29 is 27.7 Å². The van der Waals surface area contributed by atoms with Crippen molar-refractivity contribution in [3.05, 3.63) is 29.8 Å². The van der Waals surface area contributed by atoms with Crippen LogP contribution >= 0.6 is 0 Å². The van der Waals surface area contributed by atoms with E-state index < -0.39 is 27.5 Å². The van der Waals surface area contributed by atoms with Gasteiger partial charge in [-0.3, -0.25) is 4.79 Å². The quantitative estimate of drug-likeness (QED) is 0.625. The number of hydrogen-bond donors (Lipinski definition) is 0. The molecule has 5 saturated carbocycles. The molecule has 2 heterocycles. The second-order valence-corrected chi connectivity index (χ2v) is 12.8. The first-order valence-corrected chi connectivity index (χ1v) is 13.6. The average Bonchev–Trinajstić information content (AvgIpc) is 3.24. The summed E-state index contributed by atoms with van der Waals surface area (Å²) >= 11 is 0. The molecule has 172 valence electrons. The smallest absolute Gasteiger partial charge is 0.269 e. The predicted molar refractivity (Wildman–Crippen MR) is 112 cm³/mol. The van der Waals surface area contributed by atoms with Crippen LogP contribution in [-0.4, -0.2) is 36.7 Å². The molecular weight excluding hydrogens is 430 g/mol. The zero-order valence-corrected chi connectivity index (χ0v) is 18.9. The zero-order chi connectivity index (χ0) is 21.7. The van der Waals surface area contributed by atoms with Gasteiger partial charge in [-0.05, 0) is 74.8 Å². The van der Waals surface area contributed by atoms with E-state index in [4.69, 9.17) is 14.5 Å². The Bertz CT molecular complexity index is 1050. The largest absolute Gasteiger partial charge is 0.312 e. The number of ether oxygens (including phenoxy) is 1. The molecule has 8 rings (SSSR count). The van der Waals surface area contributed by atoms with Crippen LogP contribution in [0.1, 0.15) is 68.1 Å². The summed E-state index contributed by atoms with van der Waals surface area (Å²) in [6.45, 7) is 0.215. The molecule has 0 unspecified atom stereocenters. The summed E-state index contributed by atoms with van der Waals surface area (Å²) in [5.74, 6) is 0.904. The monoisotopic (exact) mass is 459 g/mol. The number of amides is 1. The van der Waals surface area contributed by atoms with E-state index in [9.17, 15) is 13.2 Å². The van der Waals surface area contributed by atoms with Crippen molar-refractivity contribution in [2.45, 2.75) is 74.3 Å². The van der Waals surface area contributed by atoms with E-state index in [1.807, 2.05) is 0 Å². The normalized spacial score (nSPS) is 45.8. The summed E-state index contributed by atoms with van der Waals surface area (Å²) in [6, 6.07) is 6.47. The number of carbonyl (C=O) groups is 1. The molecule has 5 aliphatic carbocycles. The summed E-state index contributed by atoms with van der Waals surface area (Å²) in [6.07, 6.45) is 8.94. The first-order chi connectivity index (χ1) is 15.4. The maximum Gasteiger partial charge on any atom is 0.269 e. The van der Waals surface area contributed by atoms with Crippen LogP contribution in [0.5, 0.6) is 0 Å². The molecule has 1 aromatic carbocycles. The van der Waals surface area contributed by atoms with E-state index in [1.165, 1.54) is 38.2 Å². The maximum atomic E-state index is 12.9. The number of nitrogens with zero attached hydrogens (tertiary/aromatic N) is 1.